The lowest BCUT2D eigenvalue weighted by Gasteiger charge is -2.48. The van der Waals surface area contributed by atoms with Gasteiger partial charge in [-0.25, -0.2) is 0 Å². The van der Waals surface area contributed by atoms with E-state index in [0.29, 0.717) is 24.8 Å². The van der Waals surface area contributed by atoms with Gasteiger partial charge in [0.25, 0.3) is 0 Å². The molecule has 5 aliphatic rings. The van der Waals surface area contributed by atoms with E-state index in [0.717, 1.165) is 0 Å². The molecule has 1 aliphatic heterocycles. The molecule has 5 fully saturated rings. The maximum Gasteiger partial charge on any atom is 0.315 e. The third-order valence-electron chi connectivity index (χ3n) is 8.63. The second kappa shape index (κ2) is 4.34. The van der Waals surface area contributed by atoms with E-state index in [2.05, 4.69) is 6.58 Å². The number of rotatable bonds is 1. The highest BCUT2D eigenvalue weighted by atomic mass is 16.6. The topological polar surface area (TPSA) is 124 Å². The Labute approximate surface area is 150 Å². The van der Waals surface area contributed by atoms with Crippen LogP contribution >= 0.6 is 0 Å². The van der Waals surface area contributed by atoms with Gasteiger partial charge in [0.1, 0.15) is 5.60 Å². The average Bonchev–Trinajstić information content (AvgIpc) is 2.98. The molecule has 26 heavy (non-hydrogen) atoms. The molecule has 0 aromatic rings. The van der Waals surface area contributed by atoms with Gasteiger partial charge in [0.05, 0.1) is 29.1 Å². The van der Waals surface area contributed by atoms with Crippen LogP contribution in [0.15, 0.2) is 12.2 Å². The summed E-state index contributed by atoms with van der Waals surface area (Å²) in [6, 6.07) is 0. The maximum absolute atomic E-state index is 12.8. The van der Waals surface area contributed by atoms with Crippen LogP contribution in [-0.4, -0.2) is 55.8 Å². The number of hydrogen-bond acceptors (Lipinski definition) is 6. The number of carbonyl (C=O) groups is 2. The van der Waals surface area contributed by atoms with E-state index in [9.17, 15) is 30.0 Å². The standard InChI is InChI=1S/C19H24O7/c1-8-6-17-7-18(8,25)4-3-9(17)19-11(21)5-10(20)16(2,15(24)26-19)13(19)12(17)14(22)23/h9-13,20-21,25H,1,3-7H2,2H3,(H,22,23)/t9-,10+,11+,12-,13-,16-,17+,18+,19+/m1/s1. The first-order chi connectivity index (χ1) is 12.0. The predicted molar refractivity (Wildman–Crippen MR) is 86.7 cm³/mol. The molecule has 142 valence electrons. The Bertz CT molecular complexity index is 763. The first-order valence-electron chi connectivity index (χ1n) is 9.27. The zero-order valence-electron chi connectivity index (χ0n) is 14.6. The van der Waals surface area contributed by atoms with E-state index in [1.54, 1.807) is 6.92 Å². The monoisotopic (exact) mass is 364 g/mol. The summed E-state index contributed by atoms with van der Waals surface area (Å²) in [6.45, 7) is 5.57. The number of aliphatic hydroxyl groups excluding tert-OH is 2. The lowest BCUT2D eigenvalue weighted by Crippen LogP contribution is -2.60. The summed E-state index contributed by atoms with van der Waals surface area (Å²) < 4.78 is 5.82. The molecule has 1 heterocycles. The zero-order valence-corrected chi connectivity index (χ0v) is 14.6. The van der Waals surface area contributed by atoms with Crippen LogP contribution in [0, 0.1) is 28.6 Å². The summed E-state index contributed by atoms with van der Waals surface area (Å²) in [6.07, 6.45) is -0.798. The molecule has 0 amide bonds. The van der Waals surface area contributed by atoms with Crippen LogP contribution in [-0.2, 0) is 14.3 Å². The molecule has 0 unspecified atom stereocenters. The van der Waals surface area contributed by atoms with Gasteiger partial charge < -0.3 is 25.2 Å². The molecule has 9 atom stereocenters. The second-order valence-electron chi connectivity index (χ2n) is 9.40. The number of carbonyl (C=O) groups excluding carboxylic acids is 1. The third-order valence-corrected chi connectivity index (χ3v) is 8.63. The first kappa shape index (κ1) is 16.7. The quantitative estimate of drug-likeness (QED) is 0.388. The van der Waals surface area contributed by atoms with Gasteiger partial charge in [-0.2, -0.15) is 0 Å². The molecule has 0 aromatic heterocycles. The predicted octanol–water partition coefficient (Wildman–Crippen LogP) is 0.222. The number of carboxylic acids is 1. The highest BCUT2D eigenvalue weighted by Gasteiger charge is 2.86. The molecular formula is C19H24O7. The van der Waals surface area contributed by atoms with Crippen LogP contribution in [0.3, 0.4) is 0 Å². The zero-order chi connectivity index (χ0) is 18.9. The molecule has 0 radical (unpaired) electrons. The fourth-order valence-corrected chi connectivity index (χ4v) is 7.62. The van der Waals surface area contributed by atoms with Crippen LogP contribution < -0.4 is 0 Å². The maximum atomic E-state index is 12.8. The van der Waals surface area contributed by atoms with Crippen molar-refractivity contribution in [3.8, 4) is 0 Å². The fourth-order valence-electron chi connectivity index (χ4n) is 7.62. The van der Waals surface area contributed by atoms with E-state index in [1.165, 1.54) is 0 Å². The van der Waals surface area contributed by atoms with E-state index in [1.807, 2.05) is 0 Å². The summed E-state index contributed by atoms with van der Waals surface area (Å²) in [4.78, 5) is 25.2. The third kappa shape index (κ3) is 1.40. The van der Waals surface area contributed by atoms with Crippen molar-refractivity contribution >= 4 is 11.9 Å². The number of ether oxygens (including phenoxy) is 1. The summed E-state index contributed by atoms with van der Waals surface area (Å²) in [7, 11) is 0. The van der Waals surface area contributed by atoms with Gasteiger partial charge in [0, 0.05) is 18.3 Å². The van der Waals surface area contributed by atoms with Crippen molar-refractivity contribution in [3.63, 3.8) is 0 Å². The van der Waals surface area contributed by atoms with Crippen molar-refractivity contribution in [2.75, 3.05) is 0 Å². The highest BCUT2D eigenvalue weighted by Crippen LogP contribution is 2.78. The molecule has 1 saturated heterocycles. The Morgan fingerprint density at radius 1 is 1.31 bits per heavy atom. The fraction of sp³-hybridized carbons (Fsp3) is 0.789. The minimum atomic E-state index is -1.36. The average molecular weight is 364 g/mol. The van der Waals surface area contributed by atoms with Crippen molar-refractivity contribution in [1.82, 2.24) is 0 Å². The first-order valence-corrected chi connectivity index (χ1v) is 9.27. The van der Waals surface area contributed by atoms with Gasteiger partial charge in [0.2, 0.25) is 0 Å². The Morgan fingerprint density at radius 2 is 2.00 bits per heavy atom. The van der Waals surface area contributed by atoms with Crippen LogP contribution in [0.25, 0.3) is 0 Å². The smallest absolute Gasteiger partial charge is 0.315 e. The van der Waals surface area contributed by atoms with Crippen molar-refractivity contribution in [2.24, 2.45) is 28.6 Å². The van der Waals surface area contributed by atoms with Crippen molar-refractivity contribution in [3.05, 3.63) is 12.2 Å². The van der Waals surface area contributed by atoms with Gasteiger partial charge in [-0.3, -0.25) is 9.59 Å². The molecule has 5 rings (SSSR count). The number of carboxylic acid groups (broad SMARTS) is 1. The molecule has 7 heteroatoms. The van der Waals surface area contributed by atoms with Crippen LogP contribution in [0.4, 0.5) is 0 Å². The van der Waals surface area contributed by atoms with E-state index in [-0.39, 0.29) is 18.8 Å². The SMILES string of the molecule is C=C1C[C@]23C[C@@]1(O)CC[C@H]2[C@@]12OC(=O)[C@@](C)([C@H]1[C@@H]3C(=O)O)[C@@H](O)C[C@@H]2O. The van der Waals surface area contributed by atoms with Crippen molar-refractivity contribution in [2.45, 2.75) is 62.4 Å². The number of aliphatic carboxylic acids is 1. The largest absolute Gasteiger partial charge is 0.481 e. The van der Waals surface area contributed by atoms with E-state index < -0.39 is 58.0 Å². The van der Waals surface area contributed by atoms with Gasteiger partial charge in [-0.1, -0.05) is 6.58 Å². The van der Waals surface area contributed by atoms with Gasteiger partial charge in [-0.05, 0) is 43.6 Å². The number of esters is 1. The second-order valence-corrected chi connectivity index (χ2v) is 9.40. The van der Waals surface area contributed by atoms with Gasteiger partial charge >= 0.3 is 11.9 Å². The van der Waals surface area contributed by atoms with Crippen LogP contribution in [0.5, 0.6) is 0 Å². The molecule has 0 aromatic carbocycles. The van der Waals surface area contributed by atoms with Gasteiger partial charge in [-0.15, -0.1) is 0 Å². The summed E-state index contributed by atoms with van der Waals surface area (Å²) in [5.41, 5.74) is -3.95. The van der Waals surface area contributed by atoms with Crippen LogP contribution in [0.2, 0.25) is 0 Å². The van der Waals surface area contributed by atoms with E-state index in [4.69, 9.17) is 4.74 Å². The number of fused-ring (bicyclic) bond motifs is 1. The van der Waals surface area contributed by atoms with Crippen LogP contribution in [0.1, 0.15) is 39.0 Å². The number of hydrogen-bond donors (Lipinski definition) is 4. The Kier molecular flexibility index (Phi) is 2.79. The molecule has 4 bridgehead atoms. The molecule has 1 spiro atoms. The van der Waals surface area contributed by atoms with Crippen molar-refractivity contribution < 1.29 is 34.8 Å². The molecular weight excluding hydrogens is 340 g/mol. The lowest BCUT2D eigenvalue weighted by molar-refractivity contribution is -0.180. The summed E-state index contributed by atoms with van der Waals surface area (Å²) >= 11 is 0. The van der Waals surface area contributed by atoms with Gasteiger partial charge in [0.15, 0.2) is 0 Å². The minimum absolute atomic E-state index is 0.0110. The Hall–Kier alpha value is -1.44. The molecule has 4 aliphatic carbocycles. The molecule has 7 nitrogen and oxygen atoms in total. The van der Waals surface area contributed by atoms with E-state index >= 15 is 0 Å². The van der Waals surface area contributed by atoms with Crippen molar-refractivity contribution in [1.29, 1.82) is 0 Å². The Morgan fingerprint density at radius 3 is 2.65 bits per heavy atom. The minimum Gasteiger partial charge on any atom is -0.481 e. The molecule has 4 saturated carbocycles. The number of aliphatic hydroxyl groups is 3. The summed E-state index contributed by atoms with van der Waals surface area (Å²) in [5, 5.41) is 42.7. The molecule has 4 N–H and O–H groups in total. The lowest BCUT2D eigenvalue weighted by atomic mass is 9.58. The highest BCUT2D eigenvalue weighted by molar-refractivity contribution is 5.85. The summed E-state index contributed by atoms with van der Waals surface area (Å²) in [5.74, 6) is -3.86. The Balaban J connectivity index is 1.79. The normalized spacial score (nSPS) is 59.8.